The first-order valence-corrected chi connectivity index (χ1v) is 7.71. The van der Waals surface area contributed by atoms with Crippen LogP contribution in [0.4, 0.5) is 0 Å². The van der Waals surface area contributed by atoms with Gasteiger partial charge >= 0.3 is 0 Å². The van der Waals surface area contributed by atoms with E-state index in [-0.39, 0.29) is 0 Å². The van der Waals surface area contributed by atoms with Crippen molar-refractivity contribution >= 4 is 15.9 Å². The second kappa shape index (κ2) is 8.17. The van der Waals surface area contributed by atoms with Gasteiger partial charge in [-0.3, -0.25) is 0 Å². The molecule has 0 atom stereocenters. The molecule has 0 aliphatic heterocycles. The Morgan fingerprint density at radius 2 is 2.00 bits per heavy atom. The van der Waals surface area contributed by atoms with Gasteiger partial charge in [0, 0.05) is 30.2 Å². The van der Waals surface area contributed by atoms with Crippen molar-refractivity contribution in [1.29, 1.82) is 0 Å². The molecule has 0 heterocycles. The monoisotopic (exact) mass is 349 g/mol. The van der Waals surface area contributed by atoms with Crippen molar-refractivity contribution in [3.8, 4) is 11.5 Å². The molecule has 2 rings (SSSR count). The fourth-order valence-electron chi connectivity index (χ4n) is 1.97. The first kappa shape index (κ1) is 16.0. The maximum absolute atomic E-state index is 6.03. The summed E-state index contributed by atoms with van der Waals surface area (Å²) < 4.78 is 12.1. The molecule has 0 saturated carbocycles. The van der Waals surface area contributed by atoms with Gasteiger partial charge in [-0.2, -0.15) is 0 Å². The fraction of sp³-hybridized carbons (Fsp3) is 0.294. The predicted octanol–water partition coefficient (Wildman–Crippen LogP) is 4.29. The van der Waals surface area contributed by atoms with Gasteiger partial charge in [0.15, 0.2) is 0 Å². The first-order valence-electron chi connectivity index (χ1n) is 6.91. The van der Waals surface area contributed by atoms with Crippen LogP contribution in [0.2, 0.25) is 0 Å². The molecule has 0 radical (unpaired) electrons. The second-order valence-electron chi connectivity index (χ2n) is 4.84. The summed E-state index contributed by atoms with van der Waals surface area (Å²) in [4.78, 5) is 0. The fourth-order valence-corrected chi connectivity index (χ4v) is 2.31. The van der Waals surface area contributed by atoms with Crippen LogP contribution >= 0.6 is 15.9 Å². The third kappa shape index (κ3) is 5.16. The molecule has 0 bridgehead atoms. The van der Waals surface area contributed by atoms with Crippen LogP contribution < -0.4 is 10.1 Å². The van der Waals surface area contributed by atoms with Crippen molar-refractivity contribution < 1.29 is 9.47 Å². The summed E-state index contributed by atoms with van der Waals surface area (Å²) in [5.74, 6) is 1.71. The molecule has 0 amide bonds. The van der Waals surface area contributed by atoms with Crippen molar-refractivity contribution in [1.82, 2.24) is 5.32 Å². The van der Waals surface area contributed by atoms with Crippen LogP contribution in [0, 0.1) is 6.92 Å². The van der Waals surface area contributed by atoms with Crippen LogP contribution in [0.1, 0.15) is 11.1 Å². The van der Waals surface area contributed by atoms with E-state index in [4.69, 9.17) is 9.47 Å². The number of hydrogen-bond acceptors (Lipinski definition) is 3. The summed E-state index contributed by atoms with van der Waals surface area (Å²) in [6.07, 6.45) is 0. The highest BCUT2D eigenvalue weighted by atomic mass is 79.9. The highest BCUT2D eigenvalue weighted by Gasteiger charge is 2.06. The molecule has 0 fully saturated rings. The van der Waals surface area contributed by atoms with E-state index in [0.29, 0.717) is 6.61 Å². The van der Waals surface area contributed by atoms with E-state index >= 15 is 0 Å². The maximum Gasteiger partial charge on any atom is 0.133 e. The maximum atomic E-state index is 6.03. The molecule has 112 valence electrons. The number of nitrogens with one attached hydrogen (secondary N) is 1. The summed E-state index contributed by atoms with van der Waals surface area (Å²) in [5.41, 5.74) is 2.30. The lowest BCUT2D eigenvalue weighted by Gasteiger charge is -2.13. The molecule has 4 heteroatoms. The lowest BCUT2D eigenvalue weighted by Crippen LogP contribution is -2.18. The number of rotatable bonds is 7. The van der Waals surface area contributed by atoms with Crippen LogP contribution in [-0.2, 0) is 11.3 Å². The van der Waals surface area contributed by atoms with E-state index < -0.39 is 0 Å². The number of methoxy groups -OCH3 is 1. The van der Waals surface area contributed by atoms with Crippen LogP contribution in [0.3, 0.4) is 0 Å². The number of aryl methyl sites for hydroxylation is 1. The summed E-state index contributed by atoms with van der Waals surface area (Å²) in [6.45, 7) is 4.32. The number of hydrogen-bond donors (Lipinski definition) is 1. The average Bonchev–Trinajstić information content (AvgIpc) is 2.45. The SMILES string of the molecule is COCCNCc1ccc(Br)cc1Oc1cccc(C)c1. The number of halogens is 1. The van der Waals surface area contributed by atoms with E-state index in [1.54, 1.807) is 7.11 Å². The van der Waals surface area contributed by atoms with E-state index in [1.165, 1.54) is 5.56 Å². The van der Waals surface area contributed by atoms with Gasteiger partial charge in [0.1, 0.15) is 11.5 Å². The van der Waals surface area contributed by atoms with Gasteiger partial charge in [-0.25, -0.2) is 0 Å². The van der Waals surface area contributed by atoms with E-state index in [2.05, 4.69) is 40.3 Å². The van der Waals surface area contributed by atoms with E-state index in [0.717, 1.165) is 34.6 Å². The lowest BCUT2D eigenvalue weighted by atomic mass is 10.2. The van der Waals surface area contributed by atoms with E-state index in [9.17, 15) is 0 Å². The smallest absolute Gasteiger partial charge is 0.133 e. The lowest BCUT2D eigenvalue weighted by molar-refractivity contribution is 0.199. The molecule has 3 nitrogen and oxygen atoms in total. The van der Waals surface area contributed by atoms with Gasteiger partial charge in [-0.05, 0) is 36.8 Å². The van der Waals surface area contributed by atoms with Crippen LogP contribution in [-0.4, -0.2) is 20.3 Å². The van der Waals surface area contributed by atoms with Crippen LogP contribution in [0.5, 0.6) is 11.5 Å². The molecule has 21 heavy (non-hydrogen) atoms. The molecule has 0 spiro atoms. The zero-order valence-electron chi connectivity index (χ0n) is 12.4. The Hall–Kier alpha value is -1.36. The molecule has 0 aromatic heterocycles. The molecule has 0 saturated heterocycles. The summed E-state index contributed by atoms with van der Waals surface area (Å²) in [5, 5.41) is 3.34. The molecular weight excluding hydrogens is 330 g/mol. The van der Waals surface area contributed by atoms with Gasteiger partial charge in [-0.1, -0.05) is 34.1 Å². The standard InChI is InChI=1S/C17H20BrNO2/c1-13-4-3-5-16(10-13)21-17-11-15(18)7-6-14(17)12-19-8-9-20-2/h3-7,10-11,19H,8-9,12H2,1-2H3. The highest BCUT2D eigenvalue weighted by Crippen LogP contribution is 2.29. The molecule has 1 N–H and O–H groups in total. The van der Waals surface area contributed by atoms with Crippen LogP contribution in [0.25, 0.3) is 0 Å². The molecule has 0 aliphatic rings. The summed E-state index contributed by atoms with van der Waals surface area (Å²) in [7, 11) is 1.70. The van der Waals surface area contributed by atoms with Gasteiger partial charge in [-0.15, -0.1) is 0 Å². The zero-order chi connectivity index (χ0) is 15.1. The first-order chi connectivity index (χ1) is 10.2. The van der Waals surface area contributed by atoms with Crippen molar-refractivity contribution in [2.45, 2.75) is 13.5 Å². The highest BCUT2D eigenvalue weighted by molar-refractivity contribution is 9.10. The molecule has 0 unspecified atom stereocenters. The quantitative estimate of drug-likeness (QED) is 0.756. The minimum Gasteiger partial charge on any atom is -0.457 e. The van der Waals surface area contributed by atoms with Crippen molar-refractivity contribution in [3.63, 3.8) is 0 Å². The largest absolute Gasteiger partial charge is 0.457 e. The Morgan fingerprint density at radius 3 is 2.76 bits per heavy atom. The van der Waals surface area contributed by atoms with Gasteiger partial charge in [0.25, 0.3) is 0 Å². The van der Waals surface area contributed by atoms with Gasteiger partial charge < -0.3 is 14.8 Å². The minimum atomic E-state index is 0.699. The van der Waals surface area contributed by atoms with Crippen LogP contribution in [0.15, 0.2) is 46.9 Å². The van der Waals surface area contributed by atoms with Crippen molar-refractivity contribution in [3.05, 3.63) is 58.1 Å². The Bertz CT molecular complexity index is 587. The molecule has 0 aliphatic carbocycles. The van der Waals surface area contributed by atoms with Crippen molar-refractivity contribution in [2.24, 2.45) is 0 Å². The van der Waals surface area contributed by atoms with Gasteiger partial charge in [0.05, 0.1) is 6.61 Å². The minimum absolute atomic E-state index is 0.699. The van der Waals surface area contributed by atoms with Crippen molar-refractivity contribution in [2.75, 3.05) is 20.3 Å². The van der Waals surface area contributed by atoms with Gasteiger partial charge in [0.2, 0.25) is 0 Å². The Balaban J connectivity index is 2.11. The summed E-state index contributed by atoms with van der Waals surface area (Å²) in [6, 6.07) is 14.1. The molecule has 2 aromatic carbocycles. The molecular formula is C17H20BrNO2. The normalized spacial score (nSPS) is 10.6. The number of ether oxygens (including phenoxy) is 2. The predicted molar refractivity (Wildman–Crippen MR) is 89.0 cm³/mol. The Kier molecular flexibility index (Phi) is 6.23. The van der Waals surface area contributed by atoms with E-state index in [1.807, 2.05) is 30.3 Å². The Labute approximate surface area is 134 Å². The Morgan fingerprint density at radius 1 is 1.14 bits per heavy atom. The third-order valence-corrected chi connectivity index (χ3v) is 3.54. The zero-order valence-corrected chi connectivity index (χ0v) is 13.9. The second-order valence-corrected chi connectivity index (χ2v) is 5.76. The third-order valence-electron chi connectivity index (χ3n) is 3.04. The molecule has 2 aromatic rings. The topological polar surface area (TPSA) is 30.5 Å². The average molecular weight is 350 g/mol. The summed E-state index contributed by atoms with van der Waals surface area (Å²) >= 11 is 3.50. The number of benzene rings is 2.